The predicted molar refractivity (Wildman–Crippen MR) is 423 cm³/mol. The van der Waals surface area contributed by atoms with Crippen molar-refractivity contribution in [1.82, 2.24) is 55.0 Å². The van der Waals surface area contributed by atoms with Gasteiger partial charge in [0.15, 0.2) is 46.4 Å². The first kappa shape index (κ1) is 77.3. The van der Waals surface area contributed by atoms with Gasteiger partial charge < -0.3 is 34.8 Å². The molecule has 2 aliphatic carbocycles. The Balaban J connectivity index is 0.000000121. The molecular weight excluding hydrogens is 1480 g/mol. The van der Waals surface area contributed by atoms with Crippen LogP contribution in [0.4, 0.5) is 102 Å². The topological polar surface area (TPSA) is 361 Å². The molecule has 10 aliphatic rings. The molecule has 8 bridgehead atoms. The number of pyridine rings is 6. The molecule has 0 aromatic carbocycles. The van der Waals surface area contributed by atoms with Gasteiger partial charge in [0, 0.05) is 116 Å². The number of amides is 9. The quantitative estimate of drug-likeness (QED) is 0.0418. The minimum atomic E-state index is -4.59. The number of hydrogen-bond acceptors (Lipinski definition) is 22. The van der Waals surface area contributed by atoms with Crippen LogP contribution in [0.1, 0.15) is 139 Å². The molecule has 0 radical (unpaired) electrons. The molecule has 2 saturated carbocycles. The number of terminal acetylenes is 1. The summed E-state index contributed by atoms with van der Waals surface area (Å²) in [6.45, 7) is 6.96. The molecule has 9 amide bonds. The maximum Gasteiger partial charge on any atom is 0.408 e. The summed E-state index contributed by atoms with van der Waals surface area (Å²) in [5, 5.41) is 20.6. The Kier molecular flexibility index (Phi) is 22.4. The Morgan fingerprint density at radius 3 is 1.35 bits per heavy atom. The Hall–Kier alpha value is -13.0. The smallest absolute Gasteiger partial charge is 0.366 e. The number of fused-ring (bicyclic) bond motifs is 16. The zero-order chi connectivity index (χ0) is 80.2. The molecule has 115 heavy (non-hydrogen) atoms. The van der Waals surface area contributed by atoms with Crippen molar-refractivity contribution >= 4 is 117 Å². The van der Waals surface area contributed by atoms with Crippen molar-refractivity contribution in [3.63, 3.8) is 0 Å². The fraction of sp³-hybridized carbons (Fsp3) is 0.400. The highest BCUT2D eigenvalue weighted by Crippen LogP contribution is 2.45. The number of aryl methyl sites for hydroxylation is 1. The van der Waals surface area contributed by atoms with Gasteiger partial charge in [-0.3, -0.25) is 59.5 Å². The first-order valence-electron chi connectivity index (χ1n) is 38.6. The molecule has 0 spiro atoms. The fourth-order valence-corrected chi connectivity index (χ4v) is 15.4. The van der Waals surface area contributed by atoms with Crippen molar-refractivity contribution in [3.8, 4) is 12.3 Å². The standard InChI is InChI=1S/C20H21F3N6O3.2C20H22N6O2.C20H19N5O2/c1-11(20(21,22)23)24-17(30)13-5-6-15-16(25-13)29(12-7-9-28(15)10-12)19(32)26-14-4-3-8-27(2)18(14)31;27-17(7-4-13-2-3-13)15-5-6-16-18(23-15)26(14-8-11-25(16)12-14)20(28)24-19-21-9-1-10-22-19;27-17(8-5-13-3-4-13)15-6-7-16-19(22-15)26(14-9-11-25(16)12-14)20(28)23-18-2-1-10-21-24-18;1-2-3-6-17(26)15-8-9-16-19(22-15)25(14-10-12-24(16)13-14)20(27)23-18-7-4-5-11-21-18/h3-6,8,11-12H,7,9-10H2,1-2H3,(H,24,30)(H,26,32);1,5-6,9-10,13-14H,2-4,7-8,11-12H2,(H,21,22,24,28);1-2,6-7,10,13-14H,3-5,8-9,11-12H2,(H,23,24,28);1,4-5,7-9,11,14H,3,6,10,12-13H2,(H,21,23,27)/t11-,12+;3*14-/m1000/s1. The first-order valence-corrected chi connectivity index (χ1v) is 38.6. The molecule has 594 valence electrons. The van der Waals surface area contributed by atoms with E-state index in [9.17, 15) is 56.3 Å². The molecule has 5 atom stereocenters. The van der Waals surface area contributed by atoms with Crippen molar-refractivity contribution in [2.24, 2.45) is 18.9 Å². The van der Waals surface area contributed by atoms with E-state index in [1.165, 1.54) is 47.3 Å². The Morgan fingerprint density at radius 2 is 0.913 bits per heavy atom. The summed E-state index contributed by atoms with van der Waals surface area (Å²) in [7, 11) is 1.55. The Labute approximate surface area is 658 Å². The predicted octanol–water partition coefficient (Wildman–Crippen LogP) is 10.5. The summed E-state index contributed by atoms with van der Waals surface area (Å²) in [6.07, 6.45) is 20.2. The largest absolute Gasteiger partial charge is 0.408 e. The number of aromatic nitrogens is 10. The highest BCUT2D eigenvalue weighted by atomic mass is 19.4. The molecule has 16 heterocycles. The van der Waals surface area contributed by atoms with Gasteiger partial charge in [0.25, 0.3) is 11.5 Å². The molecule has 18 rings (SSSR count). The van der Waals surface area contributed by atoms with E-state index in [4.69, 9.17) is 6.42 Å². The lowest BCUT2D eigenvalue weighted by Crippen LogP contribution is -2.49. The molecule has 8 aromatic heterocycles. The number of carbonyl (C=O) groups is 8. The molecule has 8 aliphatic heterocycles. The lowest BCUT2D eigenvalue weighted by atomic mass is 10.1. The van der Waals surface area contributed by atoms with Gasteiger partial charge in [-0.05, 0) is 148 Å². The lowest BCUT2D eigenvalue weighted by Gasteiger charge is -2.35. The molecular formula is C80H84F3N23O9. The summed E-state index contributed by atoms with van der Waals surface area (Å²) in [4.78, 5) is 160. The van der Waals surface area contributed by atoms with Crippen LogP contribution < -0.4 is 71.3 Å². The van der Waals surface area contributed by atoms with E-state index in [0.29, 0.717) is 102 Å². The van der Waals surface area contributed by atoms with Gasteiger partial charge in [0.2, 0.25) is 5.95 Å². The number of carbonyl (C=O) groups excluding carboxylic acids is 8. The van der Waals surface area contributed by atoms with Crippen LogP contribution in [0.3, 0.4) is 0 Å². The maximum absolute atomic E-state index is 13.1. The number of Topliss-reactive ketones (excluding diaryl/α,β-unsaturated/α-hetero) is 3. The minimum Gasteiger partial charge on any atom is -0.366 e. The highest BCUT2D eigenvalue weighted by molar-refractivity contribution is 6.09. The Bertz CT molecular complexity index is 5000. The lowest BCUT2D eigenvalue weighted by molar-refractivity contribution is -0.149. The van der Waals surface area contributed by atoms with Gasteiger partial charge in [-0.25, -0.2) is 54.1 Å². The van der Waals surface area contributed by atoms with Gasteiger partial charge in [-0.1, -0.05) is 31.7 Å². The van der Waals surface area contributed by atoms with Gasteiger partial charge in [0.05, 0.1) is 46.9 Å². The van der Waals surface area contributed by atoms with Crippen LogP contribution in [-0.2, 0) is 7.05 Å². The second-order valence-electron chi connectivity index (χ2n) is 29.8. The summed E-state index contributed by atoms with van der Waals surface area (Å²) in [6, 6.07) is 23.7. The molecule has 0 unspecified atom stereocenters. The maximum atomic E-state index is 13.1. The number of ketones is 3. The van der Waals surface area contributed by atoms with E-state index in [0.717, 1.165) is 95.4 Å². The van der Waals surface area contributed by atoms with Crippen LogP contribution >= 0.6 is 0 Å². The van der Waals surface area contributed by atoms with Crippen LogP contribution in [0.15, 0.2) is 133 Å². The van der Waals surface area contributed by atoms with Crippen molar-refractivity contribution in [3.05, 3.63) is 161 Å². The normalized spacial score (nSPS) is 18.9. The first-order chi connectivity index (χ1) is 55.6. The minimum absolute atomic E-state index is 0.0183. The zero-order valence-electron chi connectivity index (χ0n) is 63.2. The third-order valence-electron chi connectivity index (χ3n) is 21.9. The van der Waals surface area contributed by atoms with Crippen molar-refractivity contribution in [2.75, 3.05) is 113 Å². The second kappa shape index (κ2) is 33.3. The monoisotopic (exact) mass is 1570 g/mol. The molecule has 6 fully saturated rings. The number of nitrogens with one attached hydrogen (secondary N) is 5. The number of anilines is 12. The van der Waals surface area contributed by atoms with Gasteiger partial charge in [-0.15, -0.1) is 17.4 Å². The second-order valence-corrected chi connectivity index (χ2v) is 29.8. The van der Waals surface area contributed by atoms with E-state index in [1.807, 2.05) is 34.5 Å². The average Bonchev–Trinajstić information content (AvgIpc) is 1.66. The summed E-state index contributed by atoms with van der Waals surface area (Å²) in [5.74, 6) is 5.80. The fourth-order valence-electron chi connectivity index (χ4n) is 15.4. The number of halogens is 3. The number of alkyl halides is 3. The summed E-state index contributed by atoms with van der Waals surface area (Å²) >= 11 is 0. The summed E-state index contributed by atoms with van der Waals surface area (Å²) in [5.41, 5.74) is 3.93. The molecule has 8 aromatic rings. The van der Waals surface area contributed by atoms with E-state index < -0.39 is 29.7 Å². The van der Waals surface area contributed by atoms with Crippen molar-refractivity contribution in [1.29, 1.82) is 0 Å². The number of nitrogens with zero attached hydrogens (tertiary/aromatic N) is 18. The van der Waals surface area contributed by atoms with E-state index >= 15 is 0 Å². The number of hydrogen-bond donors (Lipinski definition) is 5. The van der Waals surface area contributed by atoms with Crippen LogP contribution in [-0.4, -0.2) is 186 Å². The SMILES string of the molecule is C#CCCC(=O)c1ccc2c(n1)N(C(=O)Nc1ccccn1)[C@H]1CCN2C1.C[C@@H](NC(=O)c1ccc2c(n1)N(C(=O)Nc1cccn(C)c1=O)[C@H]1CCN2C1)C(F)(F)F.O=C(CCC1CC1)c1ccc2c(n1)N(C(=O)Nc1cccnn1)[C@H]1CCN2C1.O=C(CCC1CC1)c1ccc2c(n1)N(C(=O)Nc1ncccn1)[C@H]1CCN2C1. The summed E-state index contributed by atoms with van der Waals surface area (Å²) < 4.78 is 39.8. The van der Waals surface area contributed by atoms with E-state index in [1.54, 1.807) is 113 Å². The van der Waals surface area contributed by atoms with Crippen LogP contribution in [0.5, 0.6) is 0 Å². The van der Waals surface area contributed by atoms with Crippen molar-refractivity contribution in [2.45, 2.75) is 133 Å². The van der Waals surface area contributed by atoms with E-state index in [-0.39, 0.29) is 89.2 Å². The highest BCUT2D eigenvalue weighted by Gasteiger charge is 2.46. The van der Waals surface area contributed by atoms with Crippen LogP contribution in [0.2, 0.25) is 0 Å². The average molecular weight is 1570 g/mol. The Morgan fingerprint density at radius 1 is 0.487 bits per heavy atom. The number of rotatable bonds is 17. The zero-order valence-corrected chi connectivity index (χ0v) is 63.2. The van der Waals surface area contributed by atoms with Crippen LogP contribution in [0.25, 0.3) is 0 Å². The van der Waals surface area contributed by atoms with Crippen molar-refractivity contribution < 1.29 is 51.5 Å². The van der Waals surface area contributed by atoms with Crippen LogP contribution in [0, 0.1) is 24.2 Å². The molecule has 5 N–H and O–H groups in total. The van der Waals surface area contributed by atoms with E-state index in [2.05, 4.69) is 87.0 Å². The van der Waals surface area contributed by atoms with Gasteiger partial charge in [0.1, 0.15) is 40.3 Å². The third kappa shape index (κ3) is 17.3. The molecule has 35 heteroatoms. The molecule has 4 saturated heterocycles. The number of urea groups is 4. The van der Waals surface area contributed by atoms with Gasteiger partial charge in [-0.2, -0.15) is 18.3 Å². The molecule has 32 nitrogen and oxygen atoms in total. The van der Waals surface area contributed by atoms with Gasteiger partial charge >= 0.3 is 30.3 Å². The third-order valence-corrected chi connectivity index (χ3v) is 21.9.